The zero-order valence-electron chi connectivity index (χ0n) is 73.4. The highest BCUT2D eigenvalue weighted by Gasteiger charge is 2.31. The molecule has 111 heavy (non-hydrogen) atoms. The summed E-state index contributed by atoms with van der Waals surface area (Å²) in [6.07, 6.45) is 74.9. The Morgan fingerprint density at radius 3 is 0.640 bits per heavy atom. The van der Waals surface area contributed by atoms with E-state index in [1.807, 2.05) is 0 Å². The number of carbonyl (C=O) groups excluding carboxylic acids is 4. The van der Waals surface area contributed by atoms with Gasteiger partial charge in [0.1, 0.15) is 19.3 Å². The van der Waals surface area contributed by atoms with Crippen LogP contribution in [-0.4, -0.2) is 96.7 Å². The molecular weight excluding hydrogens is 1440 g/mol. The highest BCUT2D eigenvalue weighted by molar-refractivity contribution is 7.47. The van der Waals surface area contributed by atoms with Gasteiger partial charge in [0.15, 0.2) is 12.2 Å². The topological polar surface area (TPSA) is 237 Å². The van der Waals surface area contributed by atoms with E-state index < -0.39 is 97.5 Å². The Hall–Kier alpha value is -1.94. The van der Waals surface area contributed by atoms with Crippen LogP contribution in [0.4, 0.5) is 0 Å². The molecule has 0 fully saturated rings. The molecule has 0 heterocycles. The van der Waals surface area contributed by atoms with Gasteiger partial charge in [0.2, 0.25) is 0 Å². The second kappa shape index (κ2) is 81.8. The molecule has 8 atom stereocenters. The lowest BCUT2D eigenvalue weighted by Crippen LogP contribution is -2.30. The Kier molecular flexibility index (Phi) is 80.4. The van der Waals surface area contributed by atoms with Crippen molar-refractivity contribution in [3.8, 4) is 0 Å². The van der Waals surface area contributed by atoms with E-state index in [0.717, 1.165) is 108 Å². The molecule has 0 aromatic rings. The van der Waals surface area contributed by atoms with Crippen LogP contribution >= 0.6 is 15.6 Å². The van der Waals surface area contributed by atoms with Crippen LogP contribution in [0.25, 0.3) is 0 Å². The Balaban J connectivity index is 5.24. The molecular formula is C92H180O17P2. The number of carbonyl (C=O) groups is 4. The van der Waals surface area contributed by atoms with Gasteiger partial charge in [-0.1, -0.05) is 440 Å². The van der Waals surface area contributed by atoms with E-state index in [0.29, 0.717) is 25.7 Å². The van der Waals surface area contributed by atoms with Crippen molar-refractivity contribution in [1.29, 1.82) is 0 Å². The number of hydrogen-bond acceptors (Lipinski definition) is 15. The predicted molar refractivity (Wildman–Crippen MR) is 460 cm³/mol. The molecule has 0 saturated carbocycles. The second-order valence-corrected chi connectivity index (χ2v) is 36.7. The first-order valence-corrected chi connectivity index (χ1v) is 50.5. The molecule has 660 valence electrons. The maximum atomic E-state index is 13.2. The average molecular weight is 1620 g/mol. The number of unbranched alkanes of at least 4 members (excludes halogenated alkanes) is 55. The number of rotatable bonds is 90. The summed E-state index contributed by atoms with van der Waals surface area (Å²) in [4.78, 5) is 73.4. The molecule has 0 radical (unpaired) electrons. The molecule has 0 spiro atoms. The minimum absolute atomic E-state index is 0.107. The highest BCUT2D eigenvalue weighted by atomic mass is 31.2. The number of esters is 4. The van der Waals surface area contributed by atoms with Crippen molar-refractivity contribution in [3.63, 3.8) is 0 Å². The van der Waals surface area contributed by atoms with E-state index in [4.69, 9.17) is 37.0 Å². The molecule has 0 bridgehead atoms. The largest absolute Gasteiger partial charge is 0.472 e. The second-order valence-electron chi connectivity index (χ2n) is 33.8. The number of phosphoric ester groups is 2. The van der Waals surface area contributed by atoms with Crippen molar-refractivity contribution >= 4 is 39.5 Å². The van der Waals surface area contributed by atoms with E-state index in [9.17, 15) is 43.2 Å². The van der Waals surface area contributed by atoms with Gasteiger partial charge >= 0.3 is 39.5 Å². The van der Waals surface area contributed by atoms with Crippen LogP contribution in [-0.2, 0) is 65.4 Å². The Labute approximate surface area is 683 Å². The van der Waals surface area contributed by atoms with Gasteiger partial charge in [0.25, 0.3) is 0 Å². The van der Waals surface area contributed by atoms with Crippen molar-refractivity contribution in [2.45, 2.75) is 510 Å². The van der Waals surface area contributed by atoms with Gasteiger partial charge < -0.3 is 33.8 Å². The van der Waals surface area contributed by atoms with Crippen LogP contribution in [0.3, 0.4) is 0 Å². The van der Waals surface area contributed by atoms with Gasteiger partial charge in [0, 0.05) is 25.7 Å². The van der Waals surface area contributed by atoms with E-state index in [1.54, 1.807) is 0 Å². The van der Waals surface area contributed by atoms with E-state index in [1.165, 1.54) is 302 Å². The van der Waals surface area contributed by atoms with Crippen LogP contribution in [0, 0.1) is 17.8 Å². The number of aliphatic hydroxyl groups is 1. The fourth-order valence-corrected chi connectivity index (χ4v) is 15.9. The SMILES string of the molecule is CCCCCCCCCCCCCCCC(=O)OC[C@H](COP(=O)(O)OC[C@H](O)COP(=O)(O)OC[C@@H](COC(=O)CCCCCCCCCCCCCCCCCCCCC(C)CC)OC(=O)CCCCCCCCCCCCCCCCCCCCC(C)CC)OC(=O)CCCCCCCCCCCCC(C)CC. The molecule has 0 aliphatic rings. The predicted octanol–water partition coefficient (Wildman–Crippen LogP) is 28.4. The molecule has 3 N–H and O–H groups in total. The zero-order valence-corrected chi connectivity index (χ0v) is 75.2. The Morgan fingerprint density at radius 2 is 0.432 bits per heavy atom. The monoisotopic (exact) mass is 1620 g/mol. The smallest absolute Gasteiger partial charge is 0.462 e. The quantitative estimate of drug-likeness (QED) is 0.0222. The maximum Gasteiger partial charge on any atom is 0.472 e. The van der Waals surface area contributed by atoms with Crippen LogP contribution in [0.15, 0.2) is 0 Å². The summed E-state index contributed by atoms with van der Waals surface area (Å²) in [6, 6.07) is 0. The summed E-state index contributed by atoms with van der Waals surface area (Å²) < 4.78 is 69.1. The van der Waals surface area contributed by atoms with Gasteiger partial charge in [-0.25, -0.2) is 9.13 Å². The van der Waals surface area contributed by atoms with Gasteiger partial charge in [-0.3, -0.25) is 37.3 Å². The third kappa shape index (κ3) is 81.6. The Morgan fingerprint density at radius 1 is 0.252 bits per heavy atom. The molecule has 5 unspecified atom stereocenters. The molecule has 17 nitrogen and oxygen atoms in total. The lowest BCUT2D eigenvalue weighted by molar-refractivity contribution is -0.161. The summed E-state index contributed by atoms with van der Waals surface area (Å²) in [5.41, 5.74) is 0. The average Bonchev–Trinajstić information content (AvgIpc) is 0.896. The third-order valence-electron chi connectivity index (χ3n) is 22.7. The van der Waals surface area contributed by atoms with Crippen molar-refractivity contribution in [2.75, 3.05) is 39.6 Å². The normalized spacial score (nSPS) is 14.5. The van der Waals surface area contributed by atoms with Crippen LogP contribution in [0.1, 0.15) is 492 Å². The number of ether oxygens (including phenoxy) is 4. The molecule has 0 aromatic carbocycles. The number of phosphoric acid groups is 2. The first-order chi connectivity index (χ1) is 53.8. The fourth-order valence-electron chi connectivity index (χ4n) is 14.3. The van der Waals surface area contributed by atoms with E-state index in [2.05, 4.69) is 48.5 Å². The number of hydrogen-bond donors (Lipinski definition) is 3. The van der Waals surface area contributed by atoms with Gasteiger partial charge in [0.05, 0.1) is 26.4 Å². The standard InChI is InChI=1S/C92H180O17P2/c1-8-12-13-14-15-16-17-30-37-45-52-59-66-73-89(94)102-80-88(109-92(97)76-69-62-55-48-41-40-44-51-58-65-72-85(7)11-4)82-107-111(100,101)105-78-86(93)77-104-110(98,99)106-81-87(108-91(96)75-68-61-54-47-39-34-29-25-21-19-23-27-32-36-43-50-57-64-71-84(6)10-3)79-103-90(95)74-67-60-53-46-38-33-28-24-20-18-22-26-31-35-42-49-56-63-70-83(5)9-2/h83-88,93H,8-82H2,1-7H3,(H,98,99)(H,100,101)/t83?,84?,85?,86-,87-,88-/m1/s1. The van der Waals surface area contributed by atoms with Crippen molar-refractivity contribution < 1.29 is 80.2 Å². The fraction of sp³-hybridized carbons (Fsp3) is 0.957. The molecule has 0 amide bonds. The minimum Gasteiger partial charge on any atom is -0.462 e. The highest BCUT2D eigenvalue weighted by Crippen LogP contribution is 2.45. The first-order valence-electron chi connectivity index (χ1n) is 47.5. The van der Waals surface area contributed by atoms with Crippen molar-refractivity contribution in [1.82, 2.24) is 0 Å². The summed E-state index contributed by atoms with van der Waals surface area (Å²) >= 11 is 0. The molecule has 0 aromatic heterocycles. The van der Waals surface area contributed by atoms with Crippen LogP contribution in [0.2, 0.25) is 0 Å². The van der Waals surface area contributed by atoms with Crippen LogP contribution in [0.5, 0.6) is 0 Å². The summed E-state index contributed by atoms with van der Waals surface area (Å²) in [5, 5.41) is 10.7. The van der Waals surface area contributed by atoms with Gasteiger partial charge in [-0.05, 0) is 43.4 Å². The van der Waals surface area contributed by atoms with E-state index in [-0.39, 0.29) is 25.7 Å². The number of aliphatic hydroxyl groups excluding tert-OH is 1. The molecule has 19 heteroatoms. The minimum atomic E-state index is -4.97. The first kappa shape index (κ1) is 109. The molecule has 0 aliphatic carbocycles. The molecule has 0 rings (SSSR count). The zero-order chi connectivity index (χ0) is 81.5. The third-order valence-corrected chi connectivity index (χ3v) is 24.6. The maximum absolute atomic E-state index is 13.2. The summed E-state index contributed by atoms with van der Waals surface area (Å²) in [7, 11) is -9.94. The molecule has 0 saturated heterocycles. The summed E-state index contributed by atoms with van der Waals surface area (Å²) in [6.45, 7) is 12.2. The molecule has 0 aliphatic heterocycles. The lowest BCUT2D eigenvalue weighted by atomic mass is 9.99. The summed E-state index contributed by atoms with van der Waals surface area (Å²) in [5.74, 6) is 0.451. The van der Waals surface area contributed by atoms with Crippen molar-refractivity contribution in [2.24, 2.45) is 17.8 Å². The van der Waals surface area contributed by atoms with Gasteiger partial charge in [-0.2, -0.15) is 0 Å². The van der Waals surface area contributed by atoms with Crippen molar-refractivity contribution in [3.05, 3.63) is 0 Å². The van der Waals surface area contributed by atoms with Crippen LogP contribution < -0.4 is 0 Å². The Bertz CT molecular complexity index is 2140. The van der Waals surface area contributed by atoms with E-state index >= 15 is 0 Å². The lowest BCUT2D eigenvalue weighted by Gasteiger charge is -2.21. The van der Waals surface area contributed by atoms with Gasteiger partial charge in [-0.15, -0.1) is 0 Å².